The van der Waals surface area contributed by atoms with Crippen molar-refractivity contribution in [2.24, 2.45) is 5.92 Å². The van der Waals surface area contributed by atoms with Gasteiger partial charge in [-0.25, -0.2) is 4.98 Å². The zero-order chi connectivity index (χ0) is 21.3. The predicted octanol–water partition coefficient (Wildman–Crippen LogP) is 3.92. The van der Waals surface area contributed by atoms with Crippen molar-refractivity contribution in [1.82, 2.24) is 19.8 Å². The number of nitrogens with zero attached hydrogens (tertiary/aromatic N) is 3. The molecule has 1 aromatic heterocycles. The van der Waals surface area contributed by atoms with Crippen LogP contribution in [0.2, 0.25) is 0 Å². The lowest BCUT2D eigenvalue weighted by atomic mass is 10.0. The summed E-state index contributed by atoms with van der Waals surface area (Å²) >= 11 is 0. The largest absolute Gasteiger partial charge is 0.355 e. The lowest BCUT2D eigenvalue weighted by molar-refractivity contribution is -0.131. The summed E-state index contributed by atoms with van der Waals surface area (Å²) in [6.07, 6.45) is 7.55. The van der Waals surface area contributed by atoms with Crippen LogP contribution < -0.4 is 5.32 Å². The maximum absolute atomic E-state index is 12.8. The fourth-order valence-electron chi connectivity index (χ4n) is 4.35. The maximum atomic E-state index is 12.8. The van der Waals surface area contributed by atoms with E-state index in [0.29, 0.717) is 25.9 Å². The molecule has 1 aliphatic heterocycles. The van der Waals surface area contributed by atoms with E-state index in [9.17, 15) is 9.59 Å². The van der Waals surface area contributed by atoms with E-state index >= 15 is 0 Å². The fraction of sp³-hybridized carbons (Fsp3) is 0.625. The molecule has 1 saturated heterocycles. The number of aromatic nitrogens is 2. The molecule has 0 atom stereocenters. The van der Waals surface area contributed by atoms with Crippen LogP contribution in [-0.4, -0.2) is 45.9 Å². The number of amides is 2. The zero-order valence-electron chi connectivity index (χ0n) is 18.5. The van der Waals surface area contributed by atoms with E-state index in [-0.39, 0.29) is 17.7 Å². The minimum atomic E-state index is 0.0788. The summed E-state index contributed by atoms with van der Waals surface area (Å²) in [7, 11) is 0. The molecule has 2 amide bonds. The first kappa shape index (κ1) is 22.3. The van der Waals surface area contributed by atoms with E-state index in [1.165, 1.54) is 12.8 Å². The average Bonchev–Trinajstić information content (AvgIpc) is 2.91. The van der Waals surface area contributed by atoms with Gasteiger partial charge in [0.25, 0.3) is 0 Å². The summed E-state index contributed by atoms with van der Waals surface area (Å²) in [6.45, 7) is 7.07. The summed E-state index contributed by atoms with van der Waals surface area (Å²) in [5.74, 6) is 1.38. The Bertz CT molecular complexity index is 833. The summed E-state index contributed by atoms with van der Waals surface area (Å²) in [6, 6.07) is 8.07. The Morgan fingerprint density at radius 2 is 1.77 bits per heavy atom. The van der Waals surface area contributed by atoms with Gasteiger partial charge in [0.2, 0.25) is 11.8 Å². The molecule has 0 radical (unpaired) electrons. The molecule has 6 heteroatoms. The molecular weight excluding hydrogens is 376 g/mol. The van der Waals surface area contributed by atoms with Crippen LogP contribution in [0, 0.1) is 5.92 Å². The smallest absolute Gasteiger partial charge is 0.224 e. The van der Waals surface area contributed by atoms with Crippen LogP contribution in [0.3, 0.4) is 0 Å². The van der Waals surface area contributed by atoms with Crippen LogP contribution in [0.1, 0.15) is 64.6 Å². The van der Waals surface area contributed by atoms with Crippen molar-refractivity contribution >= 4 is 22.8 Å². The Morgan fingerprint density at radius 1 is 1.07 bits per heavy atom. The number of fused-ring (bicyclic) bond motifs is 1. The number of para-hydroxylation sites is 2. The Morgan fingerprint density at radius 3 is 2.47 bits per heavy atom. The van der Waals surface area contributed by atoms with Gasteiger partial charge in [-0.1, -0.05) is 38.8 Å². The second-order valence-corrected chi connectivity index (χ2v) is 8.27. The molecule has 1 aromatic carbocycles. The van der Waals surface area contributed by atoms with E-state index in [2.05, 4.69) is 29.8 Å². The maximum Gasteiger partial charge on any atom is 0.224 e. The van der Waals surface area contributed by atoms with Crippen molar-refractivity contribution in [3.8, 4) is 0 Å². The third kappa shape index (κ3) is 5.61. The zero-order valence-corrected chi connectivity index (χ0v) is 18.5. The van der Waals surface area contributed by atoms with Crippen LogP contribution in [0.25, 0.3) is 11.0 Å². The van der Waals surface area contributed by atoms with Crippen LogP contribution >= 0.6 is 0 Å². The molecule has 1 fully saturated rings. The quantitative estimate of drug-likeness (QED) is 0.679. The number of benzene rings is 1. The summed E-state index contributed by atoms with van der Waals surface area (Å²) in [5.41, 5.74) is 2.00. The molecule has 30 heavy (non-hydrogen) atoms. The van der Waals surface area contributed by atoms with Crippen molar-refractivity contribution in [2.75, 3.05) is 19.6 Å². The molecule has 0 aliphatic carbocycles. The van der Waals surface area contributed by atoms with E-state index in [4.69, 9.17) is 4.98 Å². The van der Waals surface area contributed by atoms with Gasteiger partial charge in [0.15, 0.2) is 0 Å². The summed E-state index contributed by atoms with van der Waals surface area (Å²) in [5, 5.41) is 3.06. The number of likely N-dealkylation sites (tertiary alicyclic amines) is 1. The molecule has 2 heterocycles. The molecule has 3 rings (SSSR count). The molecule has 2 aromatic rings. The fourth-order valence-corrected chi connectivity index (χ4v) is 4.35. The van der Waals surface area contributed by atoms with Gasteiger partial charge in [-0.15, -0.1) is 0 Å². The normalized spacial score (nSPS) is 14.8. The number of imidazole rings is 1. The number of rotatable bonds is 9. The molecule has 0 unspecified atom stereocenters. The Labute approximate surface area is 180 Å². The van der Waals surface area contributed by atoms with Gasteiger partial charge in [-0.2, -0.15) is 0 Å². The average molecular weight is 413 g/mol. The van der Waals surface area contributed by atoms with Crippen LogP contribution in [-0.2, 0) is 22.6 Å². The molecular formula is C24H36N4O2. The first-order valence-electron chi connectivity index (χ1n) is 11.6. The molecule has 1 N–H and O–H groups in total. The standard InChI is InChI=1S/C24H36N4O2/c1-3-19(4-2)24(30)25-15-13-22-26-20-11-7-8-12-21(20)28(22)18-14-23(29)27-16-9-5-6-10-17-27/h7-8,11-12,19H,3-6,9-10,13-18H2,1-2H3,(H,25,30). The predicted molar refractivity (Wildman–Crippen MR) is 120 cm³/mol. The van der Waals surface area contributed by atoms with Crippen LogP contribution in [0.4, 0.5) is 0 Å². The number of carbonyl (C=O) groups excluding carboxylic acids is 2. The third-order valence-electron chi connectivity index (χ3n) is 6.25. The minimum Gasteiger partial charge on any atom is -0.355 e. The summed E-state index contributed by atoms with van der Waals surface area (Å²) in [4.78, 5) is 31.9. The van der Waals surface area contributed by atoms with Crippen molar-refractivity contribution in [3.05, 3.63) is 30.1 Å². The number of aryl methyl sites for hydroxylation is 1. The molecule has 1 aliphatic rings. The molecule has 6 nitrogen and oxygen atoms in total. The molecule has 0 saturated carbocycles. The van der Waals surface area contributed by atoms with Gasteiger partial charge in [-0.3, -0.25) is 9.59 Å². The molecule has 0 spiro atoms. The van der Waals surface area contributed by atoms with Gasteiger partial charge >= 0.3 is 0 Å². The van der Waals surface area contributed by atoms with Crippen molar-refractivity contribution in [3.63, 3.8) is 0 Å². The first-order valence-corrected chi connectivity index (χ1v) is 11.6. The van der Waals surface area contributed by atoms with Crippen molar-refractivity contribution in [2.45, 2.75) is 71.8 Å². The van der Waals surface area contributed by atoms with E-state index in [0.717, 1.165) is 55.6 Å². The van der Waals surface area contributed by atoms with Gasteiger partial charge in [0.1, 0.15) is 5.82 Å². The summed E-state index contributed by atoms with van der Waals surface area (Å²) < 4.78 is 2.16. The lowest BCUT2D eigenvalue weighted by Crippen LogP contribution is -2.33. The Balaban J connectivity index is 1.65. The molecule has 164 valence electrons. The second-order valence-electron chi connectivity index (χ2n) is 8.27. The van der Waals surface area contributed by atoms with Gasteiger partial charge < -0.3 is 14.8 Å². The van der Waals surface area contributed by atoms with Crippen molar-refractivity contribution in [1.29, 1.82) is 0 Å². The number of hydrogen-bond acceptors (Lipinski definition) is 3. The number of carbonyl (C=O) groups is 2. The monoisotopic (exact) mass is 412 g/mol. The Hall–Kier alpha value is -2.37. The highest BCUT2D eigenvalue weighted by Crippen LogP contribution is 2.18. The van der Waals surface area contributed by atoms with Gasteiger partial charge in [-0.05, 0) is 37.8 Å². The number of hydrogen-bond donors (Lipinski definition) is 1. The van der Waals surface area contributed by atoms with Crippen LogP contribution in [0.5, 0.6) is 0 Å². The highest BCUT2D eigenvalue weighted by molar-refractivity contribution is 5.79. The molecule has 0 bridgehead atoms. The van der Waals surface area contributed by atoms with E-state index < -0.39 is 0 Å². The minimum absolute atomic E-state index is 0.0788. The number of nitrogens with one attached hydrogen (secondary N) is 1. The first-order chi connectivity index (χ1) is 14.6. The van der Waals surface area contributed by atoms with Gasteiger partial charge in [0.05, 0.1) is 11.0 Å². The Kier molecular flexibility index (Phi) is 8.29. The van der Waals surface area contributed by atoms with Crippen LogP contribution in [0.15, 0.2) is 24.3 Å². The topological polar surface area (TPSA) is 67.2 Å². The van der Waals surface area contributed by atoms with Crippen molar-refractivity contribution < 1.29 is 9.59 Å². The third-order valence-corrected chi connectivity index (χ3v) is 6.25. The second kappa shape index (κ2) is 11.1. The highest BCUT2D eigenvalue weighted by Gasteiger charge is 2.18. The SMILES string of the molecule is CCC(CC)C(=O)NCCc1nc2ccccc2n1CCC(=O)N1CCCCCC1. The van der Waals surface area contributed by atoms with Gasteiger partial charge in [0, 0.05) is 44.9 Å². The van der Waals surface area contributed by atoms with E-state index in [1.807, 2.05) is 23.1 Å². The lowest BCUT2D eigenvalue weighted by Gasteiger charge is -2.20. The van der Waals surface area contributed by atoms with E-state index in [1.54, 1.807) is 0 Å². The highest BCUT2D eigenvalue weighted by atomic mass is 16.2.